The van der Waals surface area contributed by atoms with Gasteiger partial charge in [0.15, 0.2) is 0 Å². The molecule has 0 aliphatic carbocycles. The van der Waals surface area contributed by atoms with Crippen molar-refractivity contribution >= 4 is 11.9 Å². The molecule has 3 aromatic rings. The van der Waals surface area contributed by atoms with E-state index in [1.807, 2.05) is 6.07 Å². The van der Waals surface area contributed by atoms with Gasteiger partial charge in [0.2, 0.25) is 0 Å². The molecule has 0 aliphatic heterocycles. The summed E-state index contributed by atoms with van der Waals surface area (Å²) in [6.07, 6.45) is 0. The summed E-state index contributed by atoms with van der Waals surface area (Å²) in [4.78, 5) is 23.9. The standard InChI is InChI=1S/C21H16O5/c22-19-9-5-4-8-18(19)21(24)25-14-15-10-12-17(13-11-15)26-20(23)16-6-2-1-3-7-16/h1-13,22H,14H2. The van der Waals surface area contributed by atoms with Crippen LogP contribution in [0.2, 0.25) is 0 Å². The van der Waals surface area contributed by atoms with Crippen LogP contribution in [0.3, 0.4) is 0 Å². The molecule has 0 unspecified atom stereocenters. The summed E-state index contributed by atoms with van der Waals surface area (Å²) >= 11 is 0. The largest absolute Gasteiger partial charge is 0.507 e. The summed E-state index contributed by atoms with van der Waals surface area (Å²) in [6, 6.07) is 21.5. The van der Waals surface area contributed by atoms with E-state index < -0.39 is 11.9 Å². The summed E-state index contributed by atoms with van der Waals surface area (Å²) in [5, 5.41) is 9.64. The third-order valence-corrected chi connectivity index (χ3v) is 3.64. The number of ether oxygens (including phenoxy) is 2. The number of carbonyl (C=O) groups is 2. The molecule has 3 rings (SSSR count). The van der Waals surface area contributed by atoms with Crippen LogP contribution in [0.5, 0.6) is 11.5 Å². The quantitative estimate of drug-likeness (QED) is 0.558. The molecule has 0 amide bonds. The lowest BCUT2D eigenvalue weighted by molar-refractivity contribution is 0.0469. The third kappa shape index (κ3) is 4.27. The lowest BCUT2D eigenvalue weighted by atomic mass is 10.2. The molecule has 0 saturated carbocycles. The minimum absolute atomic E-state index is 0.0417. The predicted octanol–water partition coefficient (Wildman–Crippen LogP) is 3.97. The number of hydrogen-bond acceptors (Lipinski definition) is 5. The normalized spacial score (nSPS) is 10.2. The van der Waals surface area contributed by atoms with E-state index in [0.717, 1.165) is 5.56 Å². The number of hydrogen-bond donors (Lipinski definition) is 1. The smallest absolute Gasteiger partial charge is 0.343 e. The molecule has 3 aromatic carbocycles. The van der Waals surface area contributed by atoms with Gasteiger partial charge in [-0.1, -0.05) is 42.5 Å². The third-order valence-electron chi connectivity index (χ3n) is 3.64. The Hall–Kier alpha value is -3.60. The van der Waals surface area contributed by atoms with Crippen LogP contribution in [0, 0.1) is 0 Å². The second-order valence-electron chi connectivity index (χ2n) is 5.49. The van der Waals surface area contributed by atoms with Crippen molar-refractivity contribution < 1.29 is 24.2 Å². The first-order valence-electron chi connectivity index (χ1n) is 7.95. The van der Waals surface area contributed by atoms with E-state index in [-0.39, 0.29) is 17.9 Å². The van der Waals surface area contributed by atoms with Gasteiger partial charge in [0, 0.05) is 0 Å². The van der Waals surface area contributed by atoms with E-state index in [0.29, 0.717) is 11.3 Å². The average molecular weight is 348 g/mol. The van der Waals surface area contributed by atoms with Gasteiger partial charge in [0.1, 0.15) is 23.7 Å². The van der Waals surface area contributed by atoms with E-state index in [4.69, 9.17) is 9.47 Å². The maximum atomic E-state index is 12.0. The second-order valence-corrected chi connectivity index (χ2v) is 5.49. The molecule has 0 aromatic heterocycles. The van der Waals surface area contributed by atoms with E-state index in [1.165, 1.54) is 12.1 Å². The molecule has 5 nitrogen and oxygen atoms in total. The maximum absolute atomic E-state index is 12.0. The van der Waals surface area contributed by atoms with Gasteiger partial charge in [-0.2, -0.15) is 0 Å². The van der Waals surface area contributed by atoms with Crippen molar-refractivity contribution in [2.24, 2.45) is 0 Å². The highest BCUT2D eigenvalue weighted by Crippen LogP contribution is 2.18. The maximum Gasteiger partial charge on any atom is 0.343 e. The van der Waals surface area contributed by atoms with E-state index in [9.17, 15) is 14.7 Å². The molecule has 1 N–H and O–H groups in total. The van der Waals surface area contributed by atoms with Gasteiger partial charge in [-0.3, -0.25) is 0 Å². The van der Waals surface area contributed by atoms with Gasteiger partial charge in [-0.15, -0.1) is 0 Å². The Balaban J connectivity index is 1.57. The zero-order valence-electron chi connectivity index (χ0n) is 13.8. The summed E-state index contributed by atoms with van der Waals surface area (Å²) in [5.41, 5.74) is 1.31. The Labute approximate surface area is 150 Å². The first-order valence-corrected chi connectivity index (χ1v) is 7.95. The molecule has 0 aliphatic rings. The molecule has 26 heavy (non-hydrogen) atoms. The molecule has 0 fully saturated rings. The molecule has 5 heteroatoms. The summed E-state index contributed by atoms with van der Waals surface area (Å²) in [6.45, 7) is 0.0417. The lowest BCUT2D eigenvalue weighted by Gasteiger charge is -2.08. The minimum atomic E-state index is -0.609. The highest BCUT2D eigenvalue weighted by atomic mass is 16.5. The Bertz CT molecular complexity index is 901. The molecule has 0 bridgehead atoms. The van der Waals surface area contributed by atoms with Crippen molar-refractivity contribution in [3.63, 3.8) is 0 Å². The molecule has 0 heterocycles. The number of phenolic OH excluding ortho intramolecular Hbond substituents is 1. The van der Waals surface area contributed by atoms with Crippen LogP contribution in [0.15, 0.2) is 78.9 Å². The highest BCUT2D eigenvalue weighted by Gasteiger charge is 2.12. The topological polar surface area (TPSA) is 72.8 Å². The Morgan fingerprint density at radius 3 is 2.12 bits per heavy atom. The first-order chi connectivity index (χ1) is 12.6. The van der Waals surface area contributed by atoms with Gasteiger partial charge in [-0.25, -0.2) is 9.59 Å². The molecule has 130 valence electrons. The number of carbonyl (C=O) groups excluding carboxylic acids is 2. The van der Waals surface area contributed by atoms with Gasteiger partial charge in [0.25, 0.3) is 0 Å². The fourth-order valence-electron chi connectivity index (χ4n) is 2.27. The van der Waals surface area contributed by atoms with Crippen LogP contribution in [0.4, 0.5) is 0 Å². The number of benzene rings is 3. The van der Waals surface area contributed by atoms with Crippen LogP contribution >= 0.6 is 0 Å². The number of esters is 2. The van der Waals surface area contributed by atoms with Crippen LogP contribution in [-0.4, -0.2) is 17.0 Å². The SMILES string of the molecule is O=C(Oc1ccc(COC(=O)c2ccccc2O)cc1)c1ccccc1. The summed E-state index contributed by atoms with van der Waals surface area (Å²) in [7, 11) is 0. The van der Waals surface area contributed by atoms with Gasteiger partial charge in [0.05, 0.1) is 5.56 Å². The van der Waals surface area contributed by atoms with Crippen LogP contribution in [0.1, 0.15) is 26.3 Å². The number of para-hydroxylation sites is 1. The van der Waals surface area contributed by atoms with Crippen LogP contribution in [0.25, 0.3) is 0 Å². The monoisotopic (exact) mass is 348 g/mol. The van der Waals surface area contributed by atoms with Gasteiger partial charge in [-0.05, 0) is 42.0 Å². The molecule has 0 saturated heterocycles. The zero-order chi connectivity index (χ0) is 18.4. The van der Waals surface area contributed by atoms with Crippen molar-refractivity contribution in [2.45, 2.75) is 6.61 Å². The van der Waals surface area contributed by atoms with Crippen LogP contribution in [-0.2, 0) is 11.3 Å². The van der Waals surface area contributed by atoms with Crippen molar-refractivity contribution in [1.29, 1.82) is 0 Å². The molecule has 0 spiro atoms. The predicted molar refractivity (Wildman–Crippen MR) is 95.1 cm³/mol. The van der Waals surface area contributed by atoms with E-state index >= 15 is 0 Å². The Morgan fingerprint density at radius 1 is 0.769 bits per heavy atom. The van der Waals surface area contributed by atoms with Gasteiger partial charge >= 0.3 is 11.9 Å². The minimum Gasteiger partial charge on any atom is -0.507 e. The number of aromatic hydroxyl groups is 1. The highest BCUT2D eigenvalue weighted by molar-refractivity contribution is 5.92. The molecular formula is C21H16O5. The van der Waals surface area contributed by atoms with Crippen molar-refractivity contribution in [1.82, 2.24) is 0 Å². The first kappa shape index (κ1) is 17.2. The Morgan fingerprint density at radius 2 is 1.42 bits per heavy atom. The van der Waals surface area contributed by atoms with E-state index in [1.54, 1.807) is 60.7 Å². The zero-order valence-corrected chi connectivity index (χ0v) is 13.8. The number of phenols is 1. The lowest BCUT2D eigenvalue weighted by Crippen LogP contribution is -2.08. The molecule has 0 atom stereocenters. The number of rotatable bonds is 5. The molecular weight excluding hydrogens is 332 g/mol. The van der Waals surface area contributed by atoms with E-state index in [2.05, 4.69) is 0 Å². The fourth-order valence-corrected chi connectivity index (χ4v) is 2.27. The average Bonchev–Trinajstić information content (AvgIpc) is 2.68. The summed E-state index contributed by atoms with van der Waals surface area (Å²) < 4.78 is 10.5. The van der Waals surface area contributed by atoms with Crippen molar-refractivity contribution in [2.75, 3.05) is 0 Å². The molecule has 0 radical (unpaired) electrons. The van der Waals surface area contributed by atoms with Crippen molar-refractivity contribution in [3.05, 3.63) is 95.6 Å². The summed E-state index contributed by atoms with van der Waals surface area (Å²) in [5.74, 6) is -0.776. The Kier molecular flexibility index (Phi) is 5.29. The fraction of sp³-hybridized carbons (Fsp3) is 0.0476. The van der Waals surface area contributed by atoms with Crippen molar-refractivity contribution in [3.8, 4) is 11.5 Å². The van der Waals surface area contributed by atoms with Gasteiger partial charge < -0.3 is 14.6 Å². The second kappa shape index (κ2) is 7.98. The van der Waals surface area contributed by atoms with Crippen LogP contribution < -0.4 is 4.74 Å².